The molecule has 0 bridgehead atoms. The van der Waals surface area contributed by atoms with Gasteiger partial charge in [-0.1, -0.05) is 20.8 Å². The molecule has 80 valence electrons. The van der Waals surface area contributed by atoms with E-state index in [0.29, 0.717) is 0 Å². The molecular formula is C10H22O2S. The molecule has 3 heteroatoms. The Labute approximate surface area is 86.4 Å². The van der Waals surface area contributed by atoms with Gasteiger partial charge in [0, 0.05) is 0 Å². The fourth-order valence-electron chi connectivity index (χ4n) is 0.787. The molecule has 0 rings (SSSR count). The predicted molar refractivity (Wildman–Crippen MR) is 59.0 cm³/mol. The summed E-state index contributed by atoms with van der Waals surface area (Å²) in [5.41, 5.74) is -0.0418. The van der Waals surface area contributed by atoms with Gasteiger partial charge >= 0.3 is 0 Å². The monoisotopic (exact) mass is 206 g/mol. The van der Waals surface area contributed by atoms with Crippen molar-refractivity contribution < 1.29 is 9.47 Å². The molecule has 0 aliphatic carbocycles. The van der Waals surface area contributed by atoms with Crippen molar-refractivity contribution in [3.63, 3.8) is 0 Å². The molecular weight excluding hydrogens is 184 g/mol. The van der Waals surface area contributed by atoms with Crippen LogP contribution in [-0.2, 0) is 9.47 Å². The highest BCUT2D eigenvalue weighted by Crippen LogP contribution is 2.15. The van der Waals surface area contributed by atoms with Crippen molar-refractivity contribution in [3.05, 3.63) is 0 Å². The van der Waals surface area contributed by atoms with Crippen molar-refractivity contribution in [3.8, 4) is 0 Å². The largest absolute Gasteiger partial charge is 0.344 e. The van der Waals surface area contributed by atoms with Crippen molar-refractivity contribution in [1.29, 1.82) is 0 Å². The third kappa shape index (κ3) is 8.60. The van der Waals surface area contributed by atoms with Gasteiger partial charge in [-0.15, -0.1) is 11.8 Å². The lowest BCUT2D eigenvalue weighted by Crippen LogP contribution is -2.15. The van der Waals surface area contributed by atoms with Gasteiger partial charge in [-0.25, -0.2) is 0 Å². The van der Waals surface area contributed by atoms with Crippen LogP contribution < -0.4 is 0 Å². The van der Waals surface area contributed by atoms with Gasteiger partial charge in [0.25, 0.3) is 0 Å². The highest BCUT2D eigenvalue weighted by atomic mass is 32.2. The van der Waals surface area contributed by atoms with E-state index in [-0.39, 0.29) is 5.62 Å². The van der Waals surface area contributed by atoms with E-state index in [2.05, 4.69) is 20.8 Å². The molecule has 0 radical (unpaired) electrons. The Balaban J connectivity index is 3.47. The lowest BCUT2D eigenvalue weighted by atomic mass is 10.5. The second kappa shape index (κ2) is 10.4. The molecule has 0 aliphatic rings. The van der Waals surface area contributed by atoms with E-state index in [1.807, 2.05) is 0 Å². The van der Waals surface area contributed by atoms with Crippen molar-refractivity contribution in [2.45, 2.75) is 45.7 Å². The molecule has 0 atom stereocenters. The van der Waals surface area contributed by atoms with Crippen LogP contribution >= 0.6 is 11.8 Å². The van der Waals surface area contributed by atoms with E-state index < -0.39 is 0 Å². The van der Waals surface area contributed by atoms with E-state index in [1.54, 1.807) is 11.8 Å². The first-order valence-electron chi connectivity index (χ1n) is 5.19. The van der Waals surface area contributed by atoms with Gasteiger partial charge in [0.1, 0.15) is 0 Å². The number of thioether (sulfide) groups is 1. The smallest absolute Gasteiger partial charge is 0.206 e. The summed E-state index contributed by atoms with van der Waals surface area (Å²) in [6.45, 7) is 7.99. The Bertz CT molecular complexity index is 79.9. The first-order valence-corrected chi connectivity index (χ1v) is 6.24. The van der Waals surface area contributed by atoms with Crippen LogP contribution in [0.2, 0.25) is 0 Å². The molecule has 0 fully saturated rings. The Morgan fingerprint density at radius 2 is 1.46 bits per heavy atom. The van der Waals surface area contributed by atoms with E-state index in [1.165, 1.54) is 6.42 Å². The van der Waals surface area contributed by atoms with Crippen molar-refractivity contribution in [1.82, 2.24) is 0 Å². The zero-order valence-electron chi connectivity index (χ0n) is 9.04. The summed E-state index contributed by atoms with van der Waals surface area (Å²) in [5, 5.41) is 0. The Kier molecular flexibility index (Phi) is 10.6. The molecule has 0 amide bonds. The second-order valence-corrected chi connectivity index (χ2v) is 4.03. The predicted octanol–water partition coefficient (Wildman–Crippen LogP) is 3.27. The van der Waals surface area contributed by atoms with Gasteiger partial charge in [-0.05, 0) is 25.0 Å². The van der Waals surface area contributed by atoms with E-state index in [4.69, 9.17) is 9.47 Å². The standard InChI is InChI=1S/C10H22O2S/c1-4-7-11-10(12-8-5-2)13-9-6-3/h10H,4-9H2,1-3H3. The molecule has 0 heterocycles. The normalized spacial score (nSPS) is 11.1. The topological polar surface area (TPSA) is 18.5 Å². The van der Waals surface area contributed by atoms with Crippen LogP contribution in [0.4, 0.5) is 0 Å². The third-order valence-electron chi connectivity index (χ3n) is 1.37. The average molecular weight is 206 g/mol. The Morgan fingerprint density at radius 1 is 0.923 bits per heavy atom. The molecule has 0 aromatic rings. The molecule has 0 N–H and O–H groups in total. The molecule has 0 aromatic heterocycles. The quantitative estimate of drug-likeness (QED) is 0.539. The van der Waals surface area contributed by atoms with Gasteiger partial charge in [-0.3, -0.25) is 0 Å². The third-order valence-corrected chi connectivity index (χ3v) is 2.56. The van der Waals surface area contributed by atoms with Crippen LogP contribution in [0.1, 0.15) is 40.0 Å². The minimum atomic E-state index is -0.0418. The summed E-state index contributed by atoms with van der Waals surface area (Å²) in [6, 6.07) is 0. The first kappa shape index (κ1) is 13.3. The van der Waals surface area contributed by atoms with Crippen LogP contribution in [0, 0.1) is 0 Å². The molecule has 0 unspecified atom stereocenters. The van der Waals surface area contributed by atoms with Gasteiger partial charge in [0.15, 0.2) is 0 Å². The summed E-state index contributed by atoms with van der Waals surface area (Å²) in [6.07, 6.45) is 3.28. The Morgan fingerprint density at radius 3 is 1.85 bits per heavy atom. The highest BCUT2D eigenvalue weighted by molar-refractivity contribution is 7.99. The van der Waals surface area contributed by atoms with Crippen molar-refractivity contribution in [2.24, 2.45) is 0 Å². The second-order valence-electron chi connectivity index (χ2n) is 2.90. The summed E-state index contributed by atoms with van der Waals surface area (Å²) in [5.74, 6) is 1.11. The maximum absolute atomic E-state index is 5.54. The van der Waals surface area contributed by atoms with Crippen LogP contribution in [0.5, 0.6) is 0 Å². The zero-order chi connectivity index (χ0) is 9.94. The fourth-order valence-corrected chi connectivity index (χ4v) is 1.60. The van der Waals surface area contributed by atoms with Crippen LogP contribution in [-0.4, -0.2) is 24.6 Å². The zero-order valence-corrected chi connectivity index (χ0v) is 9.86. The van der Waals surface area contributed by atoms with Gasteiger partial charge < -0.3 is 9.47 Å². The summed E-state index contributed by atoms with van der Waals surface area (Å²) < 4.78 is 11.1. The van der Waals surface area contributed by atoms with Gasteiger partial charge in [0.05, 0.1) is 13.2 Å². The molecule has 0 spiro atoms. The minimum Gasteiger partial charge on any atom is -0.344 e. The van der Waals surface area contributed by atoms with Gasteiger partial charge in [0.2, 0.25) is 5.62 Å². The van der Waals surface area contributed by atoms with E-state index in [0.717, 1.165) is 31.8 Å². The molecule has 0 saturated heterocycles. The first-order chi connectivity index (χ1) is 6.35. The summed E-state index contributed by atoms with van der Waals surface area (Å²) >= 11 is 1.76. The van der Waals surface area contributed by atoms with E-state index in [9.17, 15) is 0 Å². The average Bonchev–Trinajstić information content (AvgIpc) is 2.17. The maximum atomic E-state index is 5.54. The van der Waals surface area contributed by atoms with Crippen molar-refractivity contribution in [2.75, 3.05) is 19.0 Å². The fraction of sp³-hybridized carbons (Fsp3) is 1.00. The summed E-state index contributed by atoms with van der Waals surface area (Å²) in [4.78, 5) is 0. The van der Waals surface area contributed by atoms with Crippen LogP contribution in [0.15, 0.2) is 0 Å². The highest BCUT2D eigenvalue weighted by Gasteiger charge is 2.07. The number of ether oxygens (including phenoxy) is 2. The number of rotatable bonds is 9. The minimum absolute atomic E-state index is 0.0418. The Hall–Kier alpha value is 0.270. The van der Waals surface area contributed by atoms with Crippen LogP contribution in [0.25, 0.3) is 0 Å². The van der Waals surface area contributed by atoms with Crippen LogP contribution in [0.3, 0.4) is 0 Å². The van der Waals surface area contributed by atoms with Gasteiger partial charge in [-0.2, -0.15) is 0 Å². The SMILES string of the molecule is CCCOC(OCCC)SCCC. The lowest BCUT2D eigenvalue weighted by molar-refractivity contribution is -0.0816. The molecule has 0 aromatic carbocycles. The number of hydrogen-bond donors (Lipinski definition) is 0. The van der Waals surface area contributed by atoms with Crippen molar-refractivity contribution >= 4 is 11.8 Å². The number of hydrogen-bond acceptors (Lipinski definition) is 3. The molecule has 13 heavy (non-hydrogen) atoms. The molecule has 0 saturated carbocycles. The molecule has 0 aliphatic heterocycles. The lowest BCUT2D eigenvalue weighted by Gasteiger charge is -2.16. The maximum Gasteiger partial charge on any atom is 0.206 e. The van der Waals surface area contributed by atoms with E-state index >= 15 is 0 Å². The summed E-state index contributed by atoms with van der Waals surface area (Å²) in [7, 11) is 0. The molecule has 2 nitrogen and oxygen atoms in total.